The molecule has 3 nitrogen and oxygen atoms in total. The van der Waals surface area contributed by atoms with E-state index in [-0.39, 0.29) is 0 Å². The third-order valence-electron chi connectivity index (χ3n) is 2.02. The van der Waals surface area contributed by atoms with Crippen LogP contribution in [-0.2, 0) is 0 Å². The average Bonchev–Trinajstić information content (AvgIpc) is 2.47. The van der Waals surface area contributed by atoms with Crippen molar-refractivity contribution in [1.29, 1.82) is 0 Å². The maximum atomic E-state index is 9.04. The minimum atomic E-state index is -1.53. The van der Waals surface area contributed by atoms with Gasteiger partial charge in [-0.25, -0.2) is 0 Å². The lowest BCUT2D eigenvalue weighted by molar-refractivity contribution is 0.426. The Labute approximate surface area is 90.4 Å². The van der Waals surface area contributed by atoms with Crippen LogP contribution < -0.4 is 5.46 Å². The molecule has 0 unspecified atom stereocenters. The number of rotatable bonds is 1. The van der Waals surface area contributed by atoms with E-state index in [1.807, 2.05) is 0 Å². The largest absolute Gasteiger partial charge is 0.490 e. The maximum absolute atomic E-state index is 9.04. The minimum absolute atomic E-state index is 0.365. The van der Waals surface area contributed by atoms with Crippen molar-refractivity contribution in [3.63, 3.8) is 0 Å². The summed E-state index contributed by atoms with van der Waals surface area (Å²) >= 11 is 11.7. The van der Waals surface area contributed by atoms with Gasteiger partial charge in [0.1, 0.15) is 0 Å². The SMILES string of the molecule is OB(O)c1c[nH]c2c(Cl)cc(Cl)cc12. The van der Waals surface area contributed by atoms with Gasteiger partial charge in [-0.3, -0.25) is 0 Å². The second-order valence-electron chi connectivity index (χ2n) is 2.93. The van der Waals surface area contributed by atoms with Gasteiger partial charge in [-0.15, -0.1) is 0 Å². The summed E-state index contributed by atoms with van der Waals surface area (Å²) in [5, 5.41) is 19.6. The molecule has 0 aliphatic rings. The maximum Gasteiger partial charge on any atom is 0.490 e. The molecule has 0 atom stereocenters. The normalized spacial score (nSPS) is 10.9. The third-order valence-corrected chi connectivity index (χ3v) is 2.53. The molecule has 0 aliphatic carbocycles. The van der Waals surface area contributed by atoms with Crippen LogP contribution in [0, 0.1) is 0 Å². The van der Waals surface area contributed by atoms with Crippen molar-refractivity contribution in [2.75, 3.05) is 0 Å². The van der Waals surface area contributed by atoms with Gasteiger partial charge < -0.3 is 15.0 Å². The van der Waals surface area contributed by atoms with Crippen molar-refractivity contribution in [1.82, 2.24) is 4.98 Å². The zero-order chi connectivity index (χ0) is 10.3. The molecule has 0 fully saturated rings. The summed E-state index contributed by atoms with van der Waals surface area (Å²) < 4.78 is 0. The van der Waals surface area contributed by atoms with Gasteiger partial charge in [0.2, 0.25) is 0 Å². The Kier molecular flexibility index (Phi) is 2.45. The molecule has 14 heavy (non-hydrogen) atoms. The molecule has 1 heterocycles. The summed E-state index contributed by atoms with van der Waals surface area (Å²) in [6.45, 7) is 0. The van der Waals surface area contributed by atoms with Crippen molar-refractivity contribution in [2.24, 2.45) is 0 Å². The molecule has 2 rings (SSSR count). The summed E-state index contributed by atoms with van der Waals surface area (Å²) in [5.41, 5.74) is 1.02. The lowest BCUT2D eigenvalue weighted by atomic mass is 9.80. The first-order valence-corrected chi connectivity index (χ1v) is 4.67. The summed E-state index contributed by atoms with van der Waals surface area (Å²) in [7, 11) is -1.53. The van der Waals surface area contributed by atoms with Crippen molar-refractivity contribution < 1.29 is 10.0 Å². The van der Waals surface area contributed by atoms with Crippen molar-refractivity contribution in [2.45, 2.75) is 0 Å². The van der Waals surface area contributed by atoms with Gasteiger partial charge in [-0.1, -0.05) is 23.2 Å². The van der Waals surface area contributed by atoms with Crippen LogP contribution in [-0.4, -0.2) is 22.2 Å². The molecular formula is C8H6BCl2NO2. The fourth-order valence-corrected chi connectivity index (χ4v) is 1.94. The number of hydrogen-bond donors (Lipinski definition) is 3. The minimum Gasteiger partial charge on any atom is -0.423 e. The molecule has 0 spiro atoms. The number of hydrogen-bond acceptors (Lipinski definition) is 2. The summed E-state index contributed by atoms with van der Waals surface area (Å²) in [4.78, 5) is 2.85. The van der Waals surface area contributed by atoms with Crippen LogP contribution in [0.25, 0.3) is 10.9 Å². The number of H-pyrrole nitrogens is 1. The van der Waals surface area contributed by atoms with Crippen LogP contribution in [0.4, 0.5) is 0 Å². The molecular weight excluding hydrogens is 224 g/mol. The van der Waals surface area contributed by atoms with Gasteiger partial charge in [-0.2, -0.15) is 0 Å². The standard InChI is InChI=1S/C8H6BCl2NO2/c10-4-1-5-6(9(13)14)3-12-8(5)7(11)2-4/h1-3,12-14H. The highest BCUT2D eigenvalue weighted by Crippen LogP contribution is 2.25. The zero-order valence-corrected chi connectivity index (χ0v) is 8.47. The first-order valence-electron chi connectivity index (χ1n) is 3.92. The Morgan fingerprint density at radius 1 is 1.21 bits per heavy atom. The number of halogens is 2. The third kappa shape index (κ3) is 1.50. The molecule has 0 saturated heterocycles. The molecule has 0 radical (unpaired) electrons. The molecule has 0 amide bonds. The van der Waals surface area contributed by atoms with Gasteiger partial charge in [-0.05, 0) is 12.1 Å². The Morgan fingerprint density at radius 3 is 2.57 bits per heavy atom. The zero-order valence-electron chi connectivity index (χ0n) is 6.96. The number of aromatic nitrogens is 1. The number of nitrogens with one attached hydrogen (secondary N) is 1. The number of fused-ring (bicyclic) bond motifs is 1. The number of aromatic amines is 1. The monoisotopic (exact) mass is 229 g/mol. The van der Waals surface area contributed by atoms with Crippen LogP contribution >= 0.6 is 23.2 Å². The fraction of sp³-hybridized carbons (Fsp3) is 0. The van der Waals surface area contributed by atoms with Crippen LogP contribution in [0.1, 0.15) is 0 Å². The lowest BCUT2D eigenvalue weighted by Gasteiger charge is -1.98. The van der Waals surface area contributed by atoms with E-state index in [1.54, 1.807) is 12.1 Å². The quantitative estimate of drug-likeness (QED) is 0.643. The molecule has 1 aromatic heterocycles. The first-order chi connectivity index (χ1) is 6.59. The van der Waals surface area contributed by atoms with Crippen LogP contribution in [0.15, 0.2) is 18.3 Å². The summed E-state index contributed by atoms with van der Waals surface area (Å²) in [6, 6.07) is 3.23. The molecule has 1 aromatic carbocycles. The number of benzene rings is 1. The highest BCUT2D eigenvalue weighted by molar-refractivity contribution is 6.62. The molecule has 3 N–H and O–H groups in total. The van der Waals surface area contributed by atoms with Gasteiger partial charge in [0.25, 0.3) is 0 Å². The van der Waals surface area contributed by atoms with Crippen molar-refractivity contribution in [3.8, 4) is 0 Å². The highest BCUT2D eigenvalue weighted by Gasteiger charge is 2.17. The van der Waals surface area contributed by atoms with E-state index in [0.29, 0.717) is 26.4 Å². The Balaban J connectivity index is 2.78. The predicted molar refractivity (Wildman–Crippen MR) is 58.1 cm³/mol. The lowest BCUT2D eigenvalue weighted by Crippen LogP contribution is -2.28. The van der Waals surface area contributed by atoms with E-state index < -0.39 is 7.12 Å². The Bertz CT molecular complexity index is 483. The molecule has 0 saturated carbocycles. The molecule has 6 heteroatoms. The van der Waals surface area contributed by atoms with E-state index in [0.717, 1.165) is 0 Å². The van der Waals surface area contributed by atoms with Gasteiger partial charge >= 0.3 is 7.12 Å². The molecule has 0 bridgehead atoms. The Morgan fingerprint density at radius 2 is 1.93 bits per heavy atom. The molecule has 72 valence electrons. The first kappa shape index (κ1) is 9.86. The van der Waals surface area contributed by atoms with Gasteiger partial charge in [0.05, 0.1) is 10.5 Å². The van der Waals surface area contributed by atoms with E-state index in [9.17, 15) is 0 Å². The second-order valence-corrected chi connectivity index (χ2v) is 3.77. The van der Waals surface area contributed by atoms with Gasteiger partial charge in [0, 0.05) is 22.1 Å². The van der Waals surface area contributed by atoms with Crippen molar-refractivity contribution >= 4 is 46.7 Å². The van der Waals surface area contributed by atoms with Crippen molar-refractivity contribution in [3.05, 3.63) is 28.4 Å². The van der Waals surface area contributed by atoms with E-state index >= 15 is 0 Å². The van der Waals surface area contributed by atoms with E-state index in [2.05, 4.69) is 4.98 Å². The topological polar surface area (TPSA) is 56.2 Å². The van der Waals surface area contributed by atoms with E-state index in [4.69, 9.17) is 33.2 Å². The van der Waals surface area contributed by atoms with Crippen LogP contribution in [0.2, 0.25) is 10.0 Å². The highest BCUT2D eigenvalue weighted by atomic mass is 35.5. The van der Waals surface area contributed by atoms with Crippen LogP contribution in [0.5, 0.6) is 0 Å². The fourth-order valence-electron chi connectivity index (χ4n) is 1.39. The molecule has 0 aliphatic heterocycles. The summed E-state index contributed by atoms with van der Waals surface area (Å²) in [5.74, 6) is 0. The smallest absolute Gasteiger partial charge is 0.423 e. The van der Waals surface area contributed by atoms with Gasteiger partial charge in [0.15, 0.2) is 0 Å². The second kappa shape index (κ2) is 3.48. The van der Waals surface area contributed by atoms with Crippen LogP contribution in [0.3, 0.4) is 0 Å². The molecule has 2 aromatic rings. The summed E-state index contributed by atoms with van der Waals surface area (Å²) in [6.07, 6.45) is 1.50. The average molecular weight is 230 g/mol. The van der Waals surface area contributed by atoms with E-state index in [1.165, 1.54) is 6.20 Å². The predicted octanol–water partition coefficient (Wildman–Crippen LogP) is 1.15. The Hall–Kier alpha value is -0.675.